The monoisotopic (exact) mass is 273 g/mol. The third-order valence-electron chi connectivity index (χ3n) is 3.34. The largest absolute Gasteiger partial charge is 0.398 e. The van der Waals surface area contributed by atoms with E-state index in [0.717, 1.165) is 25.7 Å². The lowest BCUT2D eigenvalue weighted by Gasteiger charge is -2.13. The van der Waals surface area contributed by atoms with E-state index in [1.165, 1.54) is 12.0 Å². The summed E-state index contributed by atoms with van der Waals surface area (Å²) < 4.78 is 0. The summed E-state index contributed by atoms with van der Waals surface area (Å²) in [7, 11) is 0. The first-order valence-electron chi connectivity index (χ1n) is 6.81. The van der Waals surface area contributed by atoms with Gasteiger partial charge in [0.25, 0.3) is 5.91 Å². The average molecular weight is 273 g/mol. The molecule has 1 aliphatic rings. The van der Waals surface area contributed by atoms with E-state index in [-0.39, 0.29) is 0 Å². The van der Waals surface area contributed by atoms with Gasteiger partial charge in [0.2, 0.25) is 0 Å². The molecule has 0 bridgehead atoms. The molecule has 0 heterocycles. The van der Waals surface area contributed by atoms with Crippen LogP contribution in [-0.2, 0) is 0 Å². The number of urea groups is 1. The molecule has 0 unspecified atom stereocenters. The number of imide groups is 1. The van der Waals surface area contributed by atoms with E-state index in [1.807, 2.05) is 0 Å². The highest BCUT2D eigenvalue weighted by Gasteiger charge is 2.12. The minimum absolute atomic E-state index is 0.299. The van der Waals surface area contributed by atoms with E-state index in [9.17, 15) is 9.59 Å². The van der Waals surface area contributed by atoms with Crippen molar-refractivity contribution in [2.24, 2.45) is 0 Å². The fourth-order valence-electron chi connectivity index (χ4n) is 2.23. The lowest BCUT2D eigenvalue weighted by molar-refractivity contribution is 0.0965. The molecule has 5 heteroatoms. The van der Waals surface area contributed by atoms with Crippen LogP contribution in [0.1, 0.15) is 42.5 Å². The van der Waals surface area contributed by atoms with Gasteiger partial charge in [-0.15, -0.1) is 0 Å². The minimum atomic E-state index is -0.531. The van der Waals surface area contributed by atoms with Gasteiger partial charge in [-0.3, -0.25) is 10.1 Å². The standard InChI is InChI=1S/C15H19N3O2/c16-13-9-5-4-8-12(13)14(19)18-15(20)17-10-11-6-2-1-3-7-11/h4-5,8-10H,1-3,6-7,16H2,(H2,17,18,19,20). The quantitative estimate of drug-likeness (QED) is 0.724. The van der Waals surface area contributed by atoms with Gasteiger partial charge in [-0.25, -0.2) is 4.79 Å². The van der Waals surface area contributed by atoms with Crippen molar-refractivity contribution in [2.75, 3.05) is 5.73 Å². The number of benzene rings is 1. The summed E-state index contributed by atoms with van der Waals surface area (Å²) in [5.74, 6) is -0.498. The molecule has 1 fully saturated rings. The van der Waals surface area contributed by atoms with Gasteiger partial charge >= 0.3 is 6.03 Å². The zero-order chi connectivity index (χ0) is 14.4. The molecule has 1 aromatic carbocycles. The Morgan fingerprint density at radius 3 is 2.50 bits per heavy atom. The number of hydrogen-bond acceptors (Lipinski definition) is 3. The van der Waals surface area contributed by atoms with E-state index in [0.29, 0.717) is 11.3 Å². The highest BCUT2D eigenvalue weighted by molar-refractivity contribution is 6.07. The number of rotatable bonds is 2. The molecule has 0 aliphatic heterocycles. The maximum absolute atomic E-state index is 11.9. The summed E-state index contributed by atoms with van der Waals surface area (Å²) in [4.78, 5) is 23.5. The van der Waals surface area contributed by atoms with Crippen molar-refractivity contribution < 1.29 is 9.59 Å². The van der Waals surface area contributed by atoms with Crippen LogP contribution in [-0.4, -0.2) is 11.9 Å². The topological polar surface area (TPSA) is 84.2 Å². The molecule has 4 N–H and O–H groups in total. The fraction of sp³-hybridized carbons (Fsp3) is 0.333. The number of hydrogen-bond donors (Lipinski definition) is 3. The van der Waals surface area contributed by atoms with Gasteiger partial charge < -0.3 is 11.1 Å². The smallest absolute Gasteiger partial charge is 0.325 e. The number of para-hydroxylation sites is 1. The zero-order valence-electron chi connectivity index (χ0n) is 11.3. The van der Waals surface area contributed by atoms with Crippen LogP contribution in [0.15, 0.2) is 36.0 Å². The predicted octanol–water partition coefficient (Wildman–Crippen LogP) is 2.56. The molecule has 1 saturated carbocycles. The van der Waals surface area contributed by atoms with Gasteiger partial charge in [-0.2, -0.15) is 0 Å². The van der Waals surface area contributed by atoms with E-state index < -0.39 is 11.9 Å². The van der Waals surface area contributed by atoms with Crippen LogP contribution in [0.4, 0.5) is 10.5 Å². The first-order chi connectivity index (χ1) is 9.66. The zero-order valence-corrected chi connectivity index (χ0v) is 11.3. The molecular weight excluding hydrogens is 254 g/mol. The van der Waals surface area contributed by atoms with E-state index in [2.05, 4.69) is 10.6 Å². The minimum Gasteiger partial charge on any atom is -0.398 e. The first-order valence-corrected chi connectivity index (χ1v) is 6.81. The normalized spacial score (nSPS) is 14.5. The van der Waals surface area contributed by atoms with Gasteiger partial charge in [0.1, 0.15) is 0 Å². The summed E-state index contributed by atoms with van der Waals surface area (Å²) in [6, 6.07) is 6.11. The van der Waals surface area contributed by atoms with Gasteiger partial charge in [0.15, 0.2) is 0 Å². The molecule has 2 rings (SSSR count). The Balaban J connectivity index is 1.88. The second-order valence-electron chi connectivity index (χ2n) is 4.88. The molecule has 0 aromatic heterocycles. The maximum atomic E-state index is 11.9. The number of nitrogen functional groups attached to an aromatic ring is 1. The molecular formula is C15H19N3O2. The van der Waals surface area contributed by atoms with Gasteiger partial charge in [0, 0.05) is 11.9 Å². The number of nitrogens with two attached hydrogens (primary N) is 1. The molecule has 0 radical (unpaired) electrons. The van der Waals surface area contributed by atoms with Crippen molar-refractivity contribution in [3.05, 3.63) is 41.6 Å². The van der Waals surface area contributed by atoms with E-state index >= 15 is 0 Å². The molecule has 20 heavy (non-hydrogen) atoms. The van der Waals surface area contributed by atoms with E-state index in [4.69, 9.17) is 5.73 Å². The van der Waals surface area contributed by atoms with Crippen LogP contribution >= 0.6 is 0 Å². The second kappa shape index (κ2) is 6.75. The molecule has 5 nitrogen and oxygen atoms in total. The van der Waals surface area contributed by atoms with Crippen LogP contribution in [0.5, 0.6) is 0 Å². The van der Waals surface area contributed by atoms with Gasteiger partial charge in [-0.1, -0.05) is 24.1 Å². The number of carbonyl (C=O) groups is 2. The van der Waals surface area contributed by atoms with Crippen molar-refractivity contribution >= 4 is 17.6 Å². The third-order valence-corrected chi connectivity index (χ3v) is 3.34. The van der Waals surface area contributed by atoms with Gasteiger partial charge in [-0.05, 0) is 37.8 Å². The second-order valence-corrected chi connectivity index (χ2v) is 4.88. The van der Waals surface area contributed by atoms with Crippen molar-refractivity contribution in [1.29, 1.82) is 0 Å². The molecule has 106 valence electrons. The summed E-state index contributed by atoms with van der Waals surface area (Å²) in [5, 5.41) is 4.86. The molecule has 0 spiro atoms. The lowest BCUT2D eigenvalue weighted by Crippen LogP contribution is -2.37. The maximum Gasteiger partial charge on any atom is 0.325 e. The van der Waals surface area contributed by atoms with Crippen LogP contribution in [0.25, 0.3) is 0 Å². The SMILES string of the molecule is Nc1ccccc1C(=O)NC(=O)NC=C1CCCCC1. The Hall–Kier alpha value is -2.30. The summed E-state index contributed by atoms with van der Waals surface area (Å²) >= 11 is 0. The summed E-state index contributed by atoms with van der Waals surface area (Å²) in [6.45, 7) is 0. The first kappa shape index (κ1) is 14.1. The Labute approximate surface area is 118 Å². The predicted molar refractivity (Wildman–Crippen MR) is 78.0 cm³/mol. The Morgan fingerprint density at radius 2 is 1.80 bits per heavy atom. The number of anilines is 1. The average Bonchev–Trinajstić information content (AvgIpc) is 2.46. The lowest BCUT2D eigenvalue weighted by atomic mass is 9.96. The molecule has 0 saturated heterocycles. The van der Waals surface area contributed by atoms with Crippen LogP contribution in [0.3, 0.4) is 0 Å². The summed E-state index contributed by atoms with van der Waals surface area (Å²) in [5.41, 5.74) is 7.55. The Kier molecular flexibility index (Phi) is 4.76. The number of carbonyl (C=O) groups excluding carboxylic acids is 2. The number of nitrogens with one attached hydrogen (secondary N) is 2. The van der Waals surface area contributed by atoms with E-state index in [1.54, 1.807) is 30.5 Å². The van der Waals surface area contributed by atoms with Crippen molar-refractivity contribution in [3.63, 3.8) is 0 Å². The van der Waals surface area contributed by atoms with Crippen LogP contribution in [0.2, 0.25) is 0 Å². The number of allylic oxidation sites excluding steroid dienone is 1. The Bertz CT molecular complexity index is 530. The van der Waals surface area contributed by atoms with Gasteiger partial charge in [0.05, 0.1) is 5.56 Å². The number of amides is 3. The third kappa shape index (κ3) is 3.85. The molecule has 0 atom stereocenters. The molecule has 3 amide bonds. The van der Waals surface area contributed by atoms with Crippen LogP contribution < -0.4 is 16.4 Å². The van der Waals surface area contributed by atoms with Crippen molar-refractivity contribution in [2.45, 2.75) is 32.1 Å². The summed E-state index contributed by atoms with van der Waals surface area (Å²) in [6.07, 6.45) is 7.30. The highest BCUT2D eigenvalue weighted by Crippen LogP contribution is 2.21. The highest BCUT2D eigenvalue weighted by atomic mass is 16.2. The molecule has 1 aliphatic carbocycles. The Morgan fingerprint density at radius 1 is 1.10 bits per heavy atom. The molecule has 1 aromatic rings. The fourth-order valence-corrected chi connectivity index (χ4v) is 2.23. The van der Waals surface area contributed by atoms with Crippen molar-refractivity contribution in [1.82, 2.24) is 10.6 Å². The van der Waals surface area contributed by atoms with Crippen LogP contribution in [0, 0.1) is 0 Å². The van der Waals surface area contributed by atoms with Crippen molar-refractivity contribution in [3.8, 4) is 0 Å².